The summed E-state index contributed by atoms with van der Waals surface area (Å²) in [5, 5.41) is 0.607. The van der Waals surface area contributed by atoms with Crippen molar-refractivity contribution in [3.63, 3.8) is 0 Å². The van der Waals surface area contributed by atoms with Crippen LogP contribution in [0, 0.1) is 5.92 Å². The maximum absolute atomic E-state index is 13.0. The monoisotopic (exact) mass is 351 g/mol. The number of esters is 1. The number of hydrogen-bond acceptors (Lipinski definition) is 3. The summed E-state index contributed by atoms with van der Waals surface area (Å²) in [6, 6.07) is 7.12. The maximum Gasteiger partial charge on any atom is 0.307 e. The highest BCUT2D eigenvalue weighted by Gasteiger charge is 2.31. The molecule has 5 heteroatoms. The highest BCUT2D eigenvalue weighted by atomic mass is 35.5. The van der Waals surface area contributed by atoms with Crippen LogP contribution in [0.2, 0.25) is 5.02 Å². The van der Waals surface area contributed by atoms with Crippen LogP contribution < -0.4 is 0 Å². The molecule has 24 heavy (non-hydrogen) atoms. The number of benzene rings is 1. The lowest BCUT2D eigenvalue weighted by molar-refractivity contribution is -0.143. The van der Waals surface area contributed by atoms with E-state index < -0.39 is 0 Å². The second-order valence-corrected chi connectivity index (χ2v) is 6.83. The van der Waals surface area contributed by atoms with Gasteiger partial charge in [0.1, 0.15) is 0 Å². The van der Waals surface area contributed by atoms with Crippen LogP contribution in [0.25, 0.3) is 0 Å². The fourth-order valence-corrected chi connectivity index (χ4v) is 3.51. The third kappa shape index (κ3) is 4.97. The van der Waals surface area contributed by atoms with E-state index in [0.717, 1.165) is 19.3 Å². The zero-order valence-electron chi connectivity index (χ0n) is 14.5. The Hall–Kier alpha value is -1.55. The minimum Gasteiger partial charge on any atom is -0.466 e. The predicted molar refractivity (Wildman–Crippen MR) is 95.2 cm³/mol. The molecule has 1 aromatic carbocycles. The van der Waals surface area contributed by atoms with Crippen molar-refractivity contribution in [2.75, 3.05) is 13.2 Å². The van der Waals surface area contributed by atoms with Gasteiger partial charge in [0.25, 0.3) is 5.91 Å². The average molecular weight is 352 g/mol. The number of amides is 1. The standard InChI is InChI=1S/C19H26ClNO3/c1-3-24-18(22)12-13-21(17-7-5-4-6-14(17)2)19(23)15-8-10-16(20)11-9-15/h8-11,14,17H,3-7,12-13H2,1-2H3. The minimum atomic E-state index is -0.255. The molecule has 0 saturated heterocycles. The smallest absolute Gasteiger partial charge is 0.307 e. The van der Waals surface area contributed by atoms with E-state index in [-0.39, 0.29) is 24.3 Å². The molecule has 1 amide bonds. The Morgan fingerprint density at radius 1 is 1.21 bits per heavy atom. The largest absolute Gasteiger partial charge is 0.466 e. The van der Waals surface area contributed by atoms with Crippen LogP contribution in [0.5, 0.6) is 0 Å². The van der Waals surface area contributed by atoms with Gasteiger partial charge in [-0.2, -0.15) is 0 Å². The molecule has 2 rings (SSSR count). The molecular formula is C19H26ClNO3. The number of nitrogens with zero attached hydrogens (tertiary/aromatic N) is 1. The van der Waals surface area contributed by atoms with Crippen molar-refractivity contribution in [3.8, 4) is 0 Å². The van der Waals surface area contributed by atoms with E-state index >= 15 is 0 Å². The Morgan fingerprint density at radius 3 is 2.50 bits per heavy atom. The number of halogens is 1. The van der Waals surface area contributed by atoms with Gasteiger partial charge in [0.2, 0.25) is 0 Å². The molecule has 0 aliphatic heterocycles. The number of rotatable bonds is 6. The van der Waals surface area contributed by atoms with Crippen LogP contribution in [0.1, 0.15) is 56.3 Å². The first kappa shape index (κ1) is 18.8. The Morgan fingerprint density at radius 2 is 1.88 bits per heavy atom. The molecule has 1 aliphatic rings. The zero-order valence-corrected chi connectivity index (χ0v) is 15.2. The van der Waals surface area contributed by atoms with Crippen LogP contribution >= 0.6 is 11.6 Å². The Bertz CT molecular complexity index is 558. The fraction of sp³-hybridized carbons (Fsp3) is 0.579. The summed E-state index contributed by atoms with van der Waals surface area (Å²) in [5.41, 5.74) is 0.612. The van der Waals surface area contributed by atoms with Crippen LogP contribution in [-0.2, 0) is 9.53 Å². The maximum atomic E-state index is 13.0. The number of ether oxygens (including phenoxy) is 1. The lowest BCUT2D eigenvalue weighted by Gasteiger charge is -2.38. The summed E-state index contributed by atoms with van der Waals surface area (Å²) in [4.78, 5) is 26.6. The first-order valence-corrected chi connectivity index (χ1v) is 9.13. The summed E-state index contributed by atoms with van der Waals surface area (Å²) in [6.45, 7) is 4.74. The molecule has 0 N–H and O–H groups in total. The van der Waals surface area contributed by atoms with E-state index in [9.17, 15) is 9.59 Å². The third-order valence-electron chi connectivity index (χ3n) is 4.68. The van der Waals surface area contributed by atoms with Crippen molar-refractivity contribution >= 4 is 23.5 Å². The lowest BCUT2D eigenvalue weighted by atomic mass is 9.84. The summed E-state index contributed by atoms with van der Waals surface area (Å²) in [6.07, 6.45) is 4.67. The van der Waals surface area contributed by atoms with E-state index in [1.54, 1.807) is 31.2 Å². The van der Waals surface area contributed by atoms with E-state index in [1.807, 2.05) is 4.90 Å². The van der Waals surface area contributed by atoms with Crippen LogP contribution in [-0.4, -0.2) is 36.0 Å². The second-order valence-electron chi connectivity index (χ2n) is 6.39. The van der Waals surface area contributed by atoms with Gasteiger partial charge in [-0.15, -0.1) is 0 Å². The lowest BCUT2D eigenvalue weighted by Crippen LogP contribution is -2.46. The van der Waals surface area contributed by atoms with Gasteiger partial charge in [-0.05, 0) is 49.9 Å². The van der Waals surface area contributed by atoms with Gasteiger partial charge in [-0.3, -0.25) is 9.59 Å². The topological polar surface area (TPSA) is 46.6 Å². The first-order chi connectivity index (χ1) is 11.5. The molecule has 0 spiro atoms. The Kier molecular flexibility index (Phi) is 7.10. The SMILES string of the molecule is CCOC(=O)CCN(C(=O)c1ccc(Cl)cc1)C1CCCCC1C. The van der Waals surface area contributed by atoms with Crippen LogP contribution in [0.3, 0.4) is 0 Å². The summed E-state index contributed by atoms with van der Waals surface area (Å²) in [7, 11) is 0. The Balaban J connectivity index is 2.15. The van der Waals surface area contributed by atoms with Crippen molar-refractivity contribution in [2.45, 2.75) is 52.0 Å². The molecule has 4 nitrogen and oxygen atoms in total. The van der Waals surface area contributed by atoms with Crippen molar-refractivity contribution in [1.29, 1.82) is 0 Å². The molecule has 1 saturated carbocycles. The molecule has 132 valence electrons. The Labute approximate surface area is 149 Å². The van der Waals surface area contributed by atoms with E-state index in [2.05, 4.69) is 6.92 Å². The molecule has 1 aliphatic carbocycles. The van der Waals surface area contributed by atoms with Crippen molar-refractivity contribution in [2.24, 2.45) is 5.92 Å². The molecule has 1 aromatic rings. The highest BCUT2D eigenvalue weighted by Crippen LogP contribution is 2.29. The predicted octanol–water partition coefficient (Wildman–Crippen LogP) is 4.31. The van der Waals surface area contributed by atoms with Crippen molar-refractivity contribution in [3.05, 3.63) is 34.9 Å². The number of carbonyl (C=O) groups is 2. The van der Waals surface area contributed by atoms with Gasteiger partial charge >= 0.3 is 5.97 Å². The van der Waals surface area contributed by atoms with E-state index in [1.165, 1.54) is 6.42 Å². The second kappa shape index (κ2) is 9.07. The van der Waals surface area contributed by atoms with E-state index in [0.29, 0.717) is 29.7 Å². The highest BCUT2D eigenvalue weighted by molar-refractivity contribution is 6.30. The molecule has 2 atom stereocenters. The van der Waals surface area contributed by atoms with E-state index in [4.69, 9.17) is 16.3 Å². The molecule has 0 heterocycles. The van der Waals surface area contributed by atoms with Gasteiger partial charge in [0.05, 0.1) is 13.0 Å². The van der Waals surface area contributed by atoms with Gasteiger partial charge in [0.15, 0.2) is 0 Å². The summed E-state index contributed by atoms with van der Waals surface area (Å²) >= 11 is 5.92. The molecule has 2 unspecified atom stereocenters. The summed E-state index contributed by atoms with van der Waals surface area (Å²) < 4.78 is 5.01. The molecule has 1 fully saturated rings. The minimum absolute atomic E-state index is 0.0327. The normalized spacial score (nSPS) is 20.5. The van der Waals surface area contributed by atoms with Crippen LogP contribution in [0.4, 0.5) is 0 Å². The van der Waals surface area contributed by atoms with Gasteiger partial charge < -0.3 is 9.64 Å². The van der Waals surface area contributed by atoms with Crippen molar-refractivity contribution in [1.82, 2.24) is 4.90 Å². The molecular weight excluding hydrogens is 326 g/mol. The first-order valence-electron chi connectivity index (χ1n) is 8.75. The van der Waals surface area contributed by atoms with Gasteiger partial charge in [-0.25, -0.2) is 0 Å². The van der Waals surface area contributed by atoms with Crippen molar-refractivity contribution < 1.29 is 14.3 Å². The zero-order chi connectivity index (χ0) is 17.5. The van der Waals surface area contributed by atoms with Crippen LogP contribution in [0.15, 0.2) is 24.3 Å². The average Bonchev–Trinajstić information content (AvgIpc) is 2.57. The number of carbonyl (C=O) groups excluding carboxylic acids is 2. The molecule has 0 aromatic heterocycles. The number of hydrogen-bond donors (Lipinski definition) is 0. The quantitative estimate of drug-likeness (QED) is 0.717. The molecule has 0 radical (unpaired) electrons. The fourth-order valence-electron chi connectivity index (χ4n) is 3.38. The summed E-state index contributed by atoms with van der Waals surface area (Å²) in [5.74, 6) is 0.154. The van der Waals surface area contributed by atoms with Gasteiger partial charge in [0, 0.05) is 23.2 Å². The van der Waals surface area contributed by atoms with Gasteiger partial charge in [-0.1, -0.05) is 31.4 Å². The molecule has 0 bridgehead atoms. The third-order valence-corrected chi connectivity index (χ3v) is 4.93.